The molecule has 0 N–H and O–H groups in total. The molecule has 0 amide bonds. The summed E-state index contributed by atoms with van der Waals surface area (Å²) in [6.07, 6.45) is 1.20. The van der Waals surface area contributed by atoms with Gasteiger partial charge in [0.15, 0.2) is 0 Å². The number of thiol groups is 1. The lowest BCUT2D eigenvalue weighted by Crippen LogP contribution is -2.47. The van der Waals surface area contributed by atoms with Gasteiger partial charge in [-0.05, 0) is 43.7 Å². The molecule has 0 aliphatic carbocycles. The highest BCUT2D eigenvalue weighted by Crippen LogP contribution is 2.25. The summed E-state index contributed by atoms with van der Waals surface area (Å²) < 4.78 is 0. The summed E-state index contributed by atoms with van der Waals surface area (Å²) in [6.45, 7) is 10.3. The van der Waals surface area contributed by atoms with E-state index in [-0.39, 0.29) is 0 Å². The van der Waals surface area contributed by atoms with Crippen LogP contribution in [-0.4, -0.2) is 43.4 Å². The Morgan fingerprint density at radius 1 is 1.06 bits per heavy atom. The van der Waals surface area contributed by atoms with Crippen LogP contribution in [0.4, 0.5) is 5.69 Å². The molecule has 18 heavy (non-hydrogen) atoms. The lowest BCUT2D eigenvalue weighted by Gasteiger charge is -2.37. The van der Waals surface area contributed by atoms with Crippen molar-refractivity contribution in [2.75, 3.05) is 43.4 Å². The van der Waals surface area contributed by atoms with Gasteiger partial charge in [0, 0.05) is 31.9 Å². The molecule has 0 spiro atoms. The van der Waals surface area contributed by atoms with Crippen molar-refractivity contribution in [1.82, 2.24) is 4.90 Å². The number of nitrogens with zero attached hydrogens (tertiary/aromatic N) is 2. The molecule has 100 valence electrons. The van der Waals surface area contributed by atoms with Crippen molar-refractivity contribution >= 4 is 18.3 Å². The maximum atomic E-state index is 4.28. The average Bonchev–Trinajstić information content (AvgIpc) is 2.37. The van der Waals surface area contributed by atoms with Crippen LogP contribution in [-0.2, 0) is 0 Å². The highest BCUT2D eigenvalue weighted by Gasteiger charge is 2.18. The van der Waals surface area contributed by atoms with Gasteiger partial charge in [-0.3, -0.25) is 4.90 Å². The number of para-hydroxylation sites is 1. The van der Waals surface area contributed by atoms with Gasteiger partial charge in [0.2, 0.25) is 0 Å². The van der Waals surface area contributed by atoms with E-state index in [1.165, 1.54) is 42.9 Å². The van der Waals surface area contributed by atoms with Crippen molar-refractivity contribution in [3.63, 3.8) is 0 Å². The van der Waals surface area contributed by atoms with E-state index in [9.17, 15) is 0 Å². The first-order chi connectivity index (χ1) is 8.72. The average molecular weight is 264 g/mol. The first kappa shape index (κ1) is 13.8. The van der Waals surface area contributed by atoms with E-state index >= 15 is 0 Å². The molecule has 0 unspecified atom stereocenters. The van der Waals surface area contributed by atoms with E-state index in [0.717, 1.165) is 18.8 Å². The van der Waals surface area contributed by atoms with Crippen molar-refractivity contribution < 1.29 is 0 Å². The molecule has 1 aromatic carbocycles. The maximum absolute atomic E-state index is 4.28. The van der Waals surface area contributed by atoms with E-state index in [4.69, 9.17) is 0 Å². The summed E-state index contributed by atoms with van der Waals surface area (Å²) in [5, 5.41) is 0. The molecular formula is C15H24N2S. The van der Waals surface area contributed by atoms with Gasteiger partial charge in [-0.1, -0.05) is 18.2 Å². The van der Waals surface area contributed by atoms with Gasteiger partial charge in [0.25, 0.3) is 0 Å². The lowest BCUT2D eigenvalue weighted by molar-refractivity contribution is 0.259. The highest BCUT2D eigenvalue weighted by atomic mass is 32.1. The third-order valence-electron chi connectivity index (χ3n) is 3.76. The van der Waals surface area contributed by atoms with Crippen LogP contribution in [0.25, 0.3) is 0 Å². The summed E-state index contributed by atoms with van der Waals surface area (Å²) in [5.41, 5.74) is 4.25. The third kappa shape index (κ3) is 3.21. The Balaban J connectivity index is 1.97. The molecule has 0 radical (unpaired) electrons. The number of anilines is 1. The molecule has 1 aromatic rings. The molecule has 1 saturated heterocycles. The first-order valence-corrected chi connectivity index (χ1v) is 7.50. The van der Waals surface area contributed by atoms with Crippen LogP contribution in [0.2, 0.25) is 0 Å². The topological polar surface area (TPSA) is 6.48 Å². The molecule has 2 rings (SSSR count). The second-order valence-electron chi connectivity index (χ2n) is 5.15. The van der Waals surface area contributed by atoms with Crippen LogP contribution in [0, 0.1) is 13.8 Å². The molecule has 1 heterocycles. The lowest BCUT2D eigenvalue weighted by atomic mass is 10.1. The van der Waals surface area contributed by atoms with Crippen LogP contribution < -0.4 is 4.90 Å². The Hall–Kier alpha value is -0.670. The summed E-state index contributed by atoms with van der Waals surface area (Å²) in [6, 6.07) is 6.59. The van der Waals surface area contributed by atoms with Gasteiger partial charge in [0.1, 0.15) is 0 Å². The molecule has 0 aromatic heterocycles. The SMILES string of the molecule is Cc1cccc(C)c1N1CCN(CCCS)CC1. The monoisotopic (exact) mass is 264 g/mol. The maximum Gasteiger partial charge on any atom is 0.0426 e. The van der Waals surface area contributed by atoms with Crippen LogP contribution >= 0.6 is 12.6 Å². The number of hydrogen-bond donors (Lipinski definition) is 1. The smallest absolute Gasteiger partial charge is 0.0426 e. The minimum absolute atomic E-state index is 0.997. The predicted octanol–water partition coefficient (Wildman–Crippen LogP) is 2.75. The highest BCUT2D eigenvalue weighted by molar-refractivity contribution is 7.80. The van der Waals surface area contributed by atoms with Gasteiger partial charge < -0.3 is 4.90 Å². The fourth-order valence-electron chi connectivity index (χ4n) is 2.79. The van der Waals surface area contributed by atoms with Crippen LogP contribution in [0.5, 0.6) is 0 Å². The van der Waals surface area contributed by atoms with Crippen molar-refractivity contribution in [2.45, 2.75) is 20.3 Å². The van der Waals surface area contributed by atoms with E-state index in [1.54, 1.807) is 0 Å². The zero-order chi connectivity index (χ0) is 13.0. The van der Waals surface area contributed by atoms with Gasteiger partial charge in [0.05, 0.1) is 0 Å². The van der Waals surface area contributed by atoms with E-state index in [1.807, 2.05) is 0 Å². The van der Waals surface area contributed by atoms with Crippen molar-refractivity contribution in [1.29, 1.82) is 0 Å². The molecule has 3 heteroatoms. The predicted molar refractivity (Wildman–Crippen MR) is 83.0 cm³/mol. The third-order valence-corrected chi connectivity index (χ3v) is 4.08. The van der Waals surface area contributed by atoms with Gasteiger partial charge in [-0.2, -0.15) is 12.6 Å². The summed E-state index contributed by atoms with van der Waals surface area (Å²) in [7, 11) is 0. The van der Waals surface area contributed by atoms with Crippen molar-refractivity contribution in [3.05, 3.63) is 29.3 Å². The minimum Gasteiger partial charge on any atom is -0.369 e. The number of benzene rings is 1. The summed E-state index contributed by atoms with van der Waals surface area (Å²) in [4.78, 5) is 5.10. The molecule has 0 bridgehead atoms. The fourth-order valence-corrected chi connectivity index (χ4v) is 2.94. The molecule has 0 atom stereocenters. The Kier molecular flexibility index (Phi) is 4.95. The second-order valence-corrected chi connectivity index (χ2v) is 5.59. The van der Waals surface area contributed by atoms with Gasteiger partial charge in [-0.25, -0.2) is 0 Å². The first-order valence-electron chi connectivity index (χ1n) is 6.86. The Morgan fingerprint density at radius 2 is 1.67 bits per heavy atom. The molecule has 0 saturated carbocycles. The minimum atomic E-state index is 0.997. The largest absolute Gasteiger partial charge is 0.369 e. The molecule has 1 aliphatic heterocycles. The number of aryl methyl sites for hydroxylation is 2. The normalized spacial score (nSPS) is 17.2. The number of hydrogen-bond acceptors (Lipinski definition) is 3. The molecule has 1 aliphatic rings. The molecule has 2 nitrogen and oxygen atoms in total. The fraction of sp³-hybridized carbons (Fsp3) is 0.600. The quantitative estimate of drug-likeness (QED) is 0.836. The van der Waals surface area contributed by atoms with Crippen LogP contribution in [0.15, 0.2) is 18.2 Å². The summed E-state index contributed by atoms with van der Waals surface area (Å²) >= 11 is 4.28. The van der Waals surface area contributed by atoms with Gasteiger partial charge >= 0.3 is 0 Å². The van der Waals surface area contributed by atoms with Crippen LogP contribution in [0.1, 0.15) is 17.5 Å². The zero-order valence-corrected chi connectivity index (χ0v) is 12.4. The van der Waals surface area contributed by atoms with Crippen molar-refractivity contribution in [2.24, 2.45) is 0 Å². The Labute approximate surface area is 116 Å². The van der Waals surface area contributed by atoms with E-state index in [0.29, 0.717) is 0 Å². The molecule has 1 fully saturated rings. The number of piperazine rings is 1. The Bertz CT molecular complexity index is 364. The second kappa shape index (κ2) is 6.48. The van der Waals surface area contributed by atoms with E-state index < -0.39 is 0 Å². The van der Waals surface area contributed by atoms with Crippen molar-refractivity contribution in [3.8, 4) is 0 Å². The van der Waals surface area contributed by atoms with Crippen LogP contribution in [0.3, 0.4) is 0 Å². The summed E-state index contributed by atoms with van der Waals surface area (Å²) in [5.74, 6) is 0.997. The van der Waals surface area contributed by atoms with Gasteiger partial charge in [-0.15, -0.1) is 0 Å². The number of rotatable bonds is 4. The standard InChI is InChI=1S/C15H24N2S/c1-13-5-3-6-14(2)15(13)17-10-8-16(9-11-17)7-4-12-18/h3,5-6,18H,4,7-12H2,1-2H3. The van der Waals surface area contributed by atoms with E-state index in [2.05, 4.69) is 54.5 Å². The molecular weight excluding hydrogens is 240 g/mol. The Morgan fingerprint density at radius 3 is 2.22 bits per heavy atom. The zero-order valence-electron chi connectivity index (χ0n) is 11.5.